The molecule has 0 saturated carbocycles. The van der Waals surface area contributed by atoms with Gasteiger partial charge in [0.15, 0.2) is 12.7 Å². The Bertz CT molecular complexity index is 793. The Balaban J connectivity index is 1.75. The Hall–Kier alpha value is -2.73. The zero-order valence-corrected chi connectivity index (χ0v) is 16.3. The van der Waals surface area contributed by atoms with Gasteiger partial charge in [0.05, 0.1) is 0 Å². The van der Waals surface area contributed by atoms with E-state index in [1.807, 2.05) is 31.2 Å². The summed E-state index contributed by atoms with van der Waals surface area (Å²) in [5.74, 6) is 0.179. The number of nitrogens with one attached hydrogen (secondary N) is 2. The predicted octanol–water partition coefficient (Wildman–Crippen LogP) is 3.20. The second kappa shape index (κ2) is 9.83. The van der Waals surface area contributed by atoms with Crippen LogP contribution in [0.3, 0.4) is 0 Å². The molecule has 2 aromatic carbocycles. The number of hydrogen-bond acceptors (Lipinski definition) is 4. The van der Waals surface area contributed by atoms with Gasteiger partial charge in [0, 0.05) is 5.02 Å². The third kappa shape index (κ3) is 6.49. The Morgan fingerprint density at radius 3 is 2.44 bits per heavy atom. The van der Waals surface area contributed by atoms with Crippen molar-refractivity contribution in [2.24, 2.45) is 0 Å². The molecule has 2 N–H and O–H groups in total. The average Bonchev–Trinajstić information content (AvgIpc) is 2.66. The van der Waals surface area contributed by atoms with Crippen molar-refractivity contribution in [3.05, 3.63) is 58.6 Å². The highest BCUT2D eigenvalue weighted by atomic mass is 35.5. The maximum Gasteiger partial charge on any atom is 0.279 e. The van der Waals surface area contributed by atoms with Gasteiger partial charge in [-0.2, -0.15) is 0 Å². The summed E-state index contributed by atoms with van der Waals surface area (Å²) in [5, 5.41) is 0.592. The number of amides is 2. The van der Waals surface area contributed by atoms with Crippen LogP contribution in [0, 0.1) is 6.92 Å². The van der Waals surface area contributed by atoms with Crippen molar-refractivity contribution >= 4 is 23.4 Å². The molecule has 2 aromatic rings. The summed E-state index contributed by atoms with van der Waals surface area (Å²) in [6.07, 6.45) is 0.164. The van der Waals surface area contributed by atoms with Crippen molar-refractivity contribution in [3.63, 3.8) is 0 Å². The van der Waals surface area contributed by atoms with Gasteiger partial charge in [0.2, 0.25) is 0 Å². The number of benzene rings is 2. The molecule has 7 heteroatoms. The molecule has 0 heterocycles. The third-order valence-electron chi connectivity index (χ3n) is 3.83. The molecule has 2 rings (SSSR count). The number of rotatable bonds is 7. The monoisotopic (exact) mass is 390 g/mol. The van der Waals surface area contributed by atoms with Crippen LogP contribution in [0.2, 0.25) is 5.02 Å². The fraction of sp³-hybridized carbons (Fsp3) is 0.300. The number of carbonyl (C=O) groups is 2. The summed E-state index contributed by atoms with van der Waals surface area (Å²) in [6, 6.07) is 12.6. The van der Waals surface area contributed by atoms with Gasteiger partial charge in [-0.15, -0.1) is 0 Å². The predicted molar refractivity (Wildman–Crippen MR) is 104 cm³/mol. The van der Waals surface area contributed by atoms with E-state index in [4.69, 9.17) is 21.1 Å². The van der Waals surface area contributed by atoms with Crippen molar-refractivity contribution < 1.29 is 19.1 Å². The lowest BCUT2D eigenvalue weighted by atomic mass is 10.2. The standard InChI is InChI=1S/C20H23ClN2O4/c1-4-15-5-8-17(9-6-15)27-14(3)20(25)23-22-19(24)12-26-18-10-7-16(21)11-13(18)2/h5-11,14H,4,12H2,1-3H3,(H,22,24)(H,23,25)/t14-/m0/s1. The van der Waals surface area contributed by atoms with Crippen LogP contribution in [0.1, 0.15) is 25.0 Å². The SMILES string of the molecule is CCc1ccc(O[C@@H](C)C(=O)NNC(=O)COc2ccc(Cl)cc2C)cc1. The van der Waals surface area contributed by atoms with Crippen molar-refractivity contribution in [1.29, 1.82) is 0 Å². The quantitative estimate of drug-likeness (QED) is 0.712. The average molecular weight is 391 g/mol. The van der Waals surface area contributed by atoms with Gasteiger partial charge in [-0.1, -0.05) is 30.7 Å². The fourth-order valence-corrected chi connectivity index (χ4v) is 2.48. The smallest absolute Gasteiger partial charge is 0.279 e. The van der Waals surface area contributed by atoms with Crippen molar-refractivity contribution in [1.82, 2.24) is 10.9 Å². The van der Waals surface area contributed by atoms with Gasteiger partial charge >= 0.3 is 0 Å². The summed E-state index contributed by atoms with van der Waals surface area (Å²) in [5.41, 5.74) is 6.62. The minimum absolute atomic E-state index is 0.240. The minimum atomic E-state index is -0.766. The molecule has 0 fully saturated rings. The highest BCUT2D eigenvalue weighted by Crippen LogP contribution is 2.21. The molecule has 0 bridgehead atoms. The topological polar surface area (TPSA) is 76.7 Å². The summed E-state index contributed by atoms with van der Waals surface area (Å²) in [4.78, 5) is 23.9. The molecule has 0 spiro atoms. The first-order valence-corrected chi connectivity index (χ1v) is 9.00. The number of aryl methyl sites for hydroxylation is 2. The van der Waals surface area contributed by atoms with Gasteiger partial charge in [-0.05, 0) is 61.7 Å². The van der Waals surface area contributed by atoms with E-state index in [0.717, 1.165) is 12.0 Å². The number of hydrogen-bond donors (Lipinski definition) is 2. The number of ether oxygens (including phenoxy) is 2. The second-order valence-electron chi connectivity index (χ2n) is 5.99. The molecule has 27 heavy (non-hydrogen) atoms. The second-order valence-corrected chi connectivity index (χ2v) is 6.43. The van der Waals surface area contributed by atoms with Crippen LogP contribution < -0.4 is 20.3 Å². The van der Waals surface area contributed by atoms with Gasteiger partial charge < -0.3 is 9.47 Å². The first-order chi connectivity index (χ1) is 12.9. The zero-order valence-electron chi connectivity index (χ0n) is 15.5. The van der Waals surface area contributed by atoms with Crippen LogP contribution in [0.5, 0.6) is 11.5 Å². The van der Waals surface area contributed by atoms with E-state index in [-0.39, 0.29) is 6.61 Å². The number of halogens is 1. The number of hydrazine groups is 1. The van der Waals surface area contributed by atoms with E-state index >= 15 is 0 Å². The summed E-state index contributed by atoms with van der Waals surface area (Å²) in [6.45, 7) is 5.25. The van der Waals surface area contributed by atoms with E-state index in [9.17, 15) is 9.59 Å². The highest BCUT2D eigenvalue weighted by molar-refractivity contribution is 6.30. The molecule has 2 amide bonds. The molecule has 1 atom stereocenters. The molecule has 0 saturated heterocycles. The van der Waals surface area contributed by atoms with E-state index < -0.39 is 17.9 Å². The van der Waals surface area contributed by atoms with E-state index in [0.29, 0.717) is 16.5 Å². The molecule has 144 valence electrons. The molecular formula is C20H23ClN2O4. The molecule has 0 aliphatic rings. The maximum absolute atomic E-state index is 12.0. The first-order valence-electron chi connectivity index (χ1n) is 8.62. The van der Waals surface area contributed by atoms with Gasteiger partial charge in [-0.3, -0.25) is 20.4 Å². The largest absolute Gasteiger partial charge is 0.483 e. The first kappa shape index (κ1) is 20.6. The Morgan fingerprint density at radius 1 is 1.11 bits per heavy atom. The Morgan fingerprint density at radius 2 is 1.81 bits per heavy atom. The highest BCUT2D eigenvalue weighted by Gasteiger charge is 2.15. The summed E-state index contributed by atoms with van der Waals surface area (Å²) in [7, 11) is 0. The number of carbonyl (C=O) groups excluding carboxylic acids is 2. The van der Waals surface area contributed by atoms with Crippen LogP contribution in [-0.2, 0) is 16.0 Å². The Kier molecular flexibility index (Phi) is 7.49. The molecule has 0 aliphatic heterocycles. The lowest BCUT2D eigenvalue weighted by Gasteiger charge is -2.15. The van der Waals surface area contributed by atoms with Crippen molar-refractivity contribution in [2.45, 2.75) is 33.3 Å². The van der Waals surface area contributed by atoms with Crippen LogP contribution in [0.4, 0.5) is 0 Å². The van der Waals surface area contributed by atoms with Gasteiger partial charge in [-0.25, -0.2) is 0 Å². The van der Waals surface area contributed by atoms with E-state index in [1.54, 1.807) is 25.1 Å². The summed E-state index contributed by atoms with van der Waals surface area (Å²) >= 11 is 5.87. The molecule has 6 nitrogen and oxygen atoms in total. The molecule has 0 unspecified atom stereocenters. The zero-order chi connectivity index (χ0) is 19.8. The summed E-state index contributed by atoms with van der Waals surface area (Å²) < 4.78 is 11.0. The lowest BCUT2D eigenvalue weighted by Crippen LogP contribution is -2.48. The van der Waals surface area contributed by atoms with E-state index in [1.165, 1.54) is 5.56 Å². The lowest BCUT2D eigenvalue weighted by molar-refractivity contribution is -0.133. The third-order valence-corrected chi connectivity index (χ3v) is 4.07. The maximum atomic E-state index is 12.0. The van der Waals surface area contributed by atoms with Crippen molar-refractivity contribution in [2.75, 3.05) is 6.61 Å². The van der Waals surface area contributed by atoms with Crippen LogP contribution in [0.15, 0.2) is 42.5 Å². The van der Waals surface area contributed by atoms with E-state index in [2.05, 4.69) is 17.8 Å². The van der Waals surface area contributed by atoms with Crippen LogP contribution >= 0.6 is 11.6 Å². The van der Waals surface area contributed by atoms with Crippen LogP contribution in [-0.4, -0.2) is 24.5 Å². The molecule has 0 aromatic heterocycles. The molecular weight excluding hydrogens is 368 g/mol. The van der Waals surface area contributed by atoms with Crippen LogP contribution in [0.25, 0.3) is 0 Å². The molecule has 0 aliphatic carbocycles. The van der Waals surface area contributed by atoms with Gasteiger partial charge in [0.1, 0.15) is 11.5 Å². The van der Waals surface area contributed by atoms with Crippen molar-refractivity contribution in [3.8, 4) is 11.5 Å². The van der Waals surface area contributed by atoms with Gasteiger partial charge in [0.25, 0.3) is 11.8 Å². The normalized spacial score (nSPS) is 11.4. The Labute approximate surface area is 163 Å². The minimum Gasteiger partial charge on any atom is -0.483 e. The fourth-order valence-electron chi connectivity index (χ4n) is 2.25. The molecule has 0 radical (unpaired) electrons.